The standard InChI is InChI=1S/C15H23N3/c1-3-4-8-17-14(11-16)12-5-6-15-13(10-12)7-9-18(15)2/h3,5-6,10,14,17H,1,4,7-9,11,16H2,2H3. The van der Waals surface area contributed by atoms with E-state index in [1.165, 1.54) is 16.8 Å². The summed E-state index contributed by atoms with van der Waals surface area (Å²) in [6, 6.07) is 6.97. The lowest BCUT2D eigenvalue weighted by atomic mass is 10.0. The zero-order valence-electron chi connectivity index (χ0n) is 11.2. The summed E-state index contributed by atoms with van der Waals surface area (Å²) in [4.78, 5) is 2.31. The molecule has 3 N–H and O–H groups in total. The van der Waals surface area contributed by atoms with Crippen LogP contribution in [0.4, 0.5) is 5.69 Å². The molecule has 3 nitrogen and oxygen atoms in total. The van der Waals surface area contributed by atoms with Gasteiger partial charge in [-0.15, -0.1) is 6.58 Å². The van der Waals surface area contributed by atoms with Gasteiger partial charge in [0.05, 0.1) is 0 Å². The van der Waals surface area contributed by atoms with Crippen LogP contribution in [-0.4, -0.2) is 26.7 Å². The maximum atomic E-state index is 5.86. The van der Waals surface area contributed by atoms with Gasteiger partial charge in [-0.3, -0.25) is 0 Å². The lowest BCUT2D eigenvalue weighted by Crippen LogP contribution is -2.28. The van der Waals surface area contributed by atoms with Crippen molar-refractivity contribution in [2.24, 2.45) is 5.73 Å². The normalized spacial score (nSPS) is 15.6. The number of hydrogen-bond donors (Lipinski definition) is 2. The molecule has 0 aliphatic carbocycles. The zero-order valence-corrected chi connectivity index (χ0v) is 11.2. The van der Waals surface area contributed by atoms with Crippen molar-refractivity contribution in [2.75, 3.05) is 31.6 Å². The molecule has 2 rings (SSSR count). The molecule has 0 spiro atoms. The number of hydrogen-bond acceptors (Lipinski definition) is 3. The first-order valence-corrected chi connectivity index (χ1v) is 6.64. The van der Waals surface area contributed by atoms with E-state index in [1.54, 1.807) is 0 Å². The molecule has 0 fully saturated rings. The molecule has 1 aliphatic heterocycles. The van der Waals surface area contributed by atoms with Gasteiger partial charge in [0.15, 0.2) is 0 Å². The monoisotopic (exact) mass is 245 g/mol. The van der Waals surface area contributed by atoms with Crippen molar-refractivity contribution in [3.63, 3.8) is 0 Å². The SMILES string of the molecule is C=CCCNC(CN)c1ccc2c(c1)CCN2C. The summed E-state index contributed by atoms with van der Waals surface area (Å²) in [5.74, 6) is 0. The first-order valence-electron chi connectivity index (χ1n) is 6.64. The third-order valence-electron chi connectivity index (χ3n) is 3.61. The molecule has 1 aromatic rings. The Balaban J connectivity index is 2.09. The molecule has 1 unspecified atom stereocenters. The Bertz CT molecular complexity index is 414. The summed E-state index contributed by atoms with van der Waals surface area (Å²) in [5.41, 5.74) is 9.97. The number of likely N-dealkylation sites (N-methyl/N-ethyl adjacent to an activating group) is 1. The lowest BCUT2D eigenvalue weighted by molar-refractivity contribution is 0.548. The predicted molar refractivity (Wildman–Crippen MR) is 78.0 cm³/mol. The molecular formula is C15H23N3. The summed E-state index contributed by atoms with van der Waals surface area (Å²) in [5, 5.41) is 3.48. The van der Waals surface area contributed by atoms with Gasteiger partial charge in [0.25, 0.3) is 0 Å². The molecule has 1 aliphatic rings. The predicted octanol–water partition coefficient (Wildman–Crippen LogP) is 1.84. The molecule has 0 saturated heterocycles. The van der Waals surface area contributed by atoms with Crippen LogP contribution >= 0.6 is 0 Å². The average Bonchev–Trinajstić information content (AvgIpc) is 2.76. The minimum atomic E-state index is 0.251. The highest BCUT2D eigenvalue weighted by molar-refractivity contribution is 5.58. The van der Waals surface area contributed by atoms with Crippen molar-refractivity contribution in [2.45, 2.75) is 18.9 Å². The van der Waals surface area contributed by atoms with Crippen LogP contribution in [0.3, 0.4) is 0 Å². The maximum Gasteiger partial charge on any atom is 0.0444 e. The Kier molecular flexibility index (Phi) is 4.39. The topological polar surface area (TPSA) is 41.3 Å². The van der Waals surface area contributed by atoms with Gasteiger partial charge < -0.3 is 16.0 Å². The smallest absolute Gasteiger partial charge is 0.0444 e. The summed E-state index contributed by atoms with van der Waals surface area (Å²) in [7, 11) is 2.15. The number of rotatable bonds is 6. The molecule has 0 radical (unpaired) electrons. The second-order valence-electron chi connectivity index (χ2n) is 4.88. The highest BCUT2D eigenvalue weighted by Crippen LogP contribution is 2.29. The van der Waals surface area contributed by atoms with Gasteiger partial charge in [-0.2, -0.15) is 0 Å². The fourth-order valence-electron chi connectivity index (χ4n) is 2.50. The Hall–Kier alpha value is -1.32. The van der Waals surface area contributed by atoms with E-state index in [9.17, 15) is 0 Å². The van der Waals surface area contributed by atoms with E-state index in [4.69, 9.17) is 5.73 Å². The molecule has 1 aromatic carbocycles. The Morgan fingerprint density at radius 3 is 3.11 bits per heavy atom. The molecule has 1 atom stereocenters. The Morgan fingerprint density at radius 2 is 2.39 bits per heavy atom. The van der Waals surface area contributed by atoms with Crippen molar-refractivity contribution in [3.8, 4) is 0 Å². The lowest BCUT2D eigenvalue weighted by Gasteiger charge is -2.19. The highest BCUT2D eigenvalue weighted by atomic mass is 15.1. The summed E-state index contributed by atoms with van der Waals surface area (Å²) < 4.78 is 0. The number of nitrogens with zero attached hydrogens (tertiary/aromatic N) is 1. The zero-order chi connectivity index (χ0) is 13.0. The van der Waals surface area contributed by atoms with Crippen molar-refractivity contribution in [1.29, 1.82) is 0 Å². The van der Waals surface area contributed by atoms with E-state index < -0.39 is 0 Å². The largest absolute Gasteiger partial charge is 0.374 e. The van der Waals surface area contributed by atoms with Gasteiger partial charge in [-0.1, -0.05) is 18.2 Å². The molecule has 0 aromatic heterocycles. The third kappa shape index (κ3) is 2.74. The summed E-state index contributed by atoms with van der Waals surface area (Å²) in [6.45, 7) is 6.42. The first kappa shape index (κ1) is 13.1. The molecular weight excluding hydrogens is 222 g/mol. The number of anilines is 1. The number of nitrogens with one attached hydrogen (secondary N) is 1. The molecule has 98 valence electrons. The fraction of sp³-hybridized carbons (Fsp3) is 0.467. The molecule has 3 heteroatoms. The van der Waals surface area contributed by atoms with Gasteiger partial charge in [-0.25, -0.2) is 0 Å². The van der Waals surface area contributed by atoms with Crippen LogP contribution in [-0.2, 0) is 6.42 Å². The van der Waals surface area contributed by atoms with Crippen LogP contribution in [0.5, 0.6) is 0 Å². The molecule has 1 heterocycles. The molecule has 0 bridgehead atoms. The van der Waals surface area contributed by atoms with Gasteiger partial charge in [0.2, 0.25) is 0 Å². The van der Waals surface area contributed by atoms with E-state index in [2.05, 4.69) is 42.0 Å². The van der Waals surface area contributed by atoms with E-state index in [-0.39, 0.29) is 6.04 Å². The van der Waals surface area contributed by atoms with Gasteiger partial charge in [0.1, 0.15) is 0 Å². The van der Waals surface area contributed by atoms with E-state index >= 15 is 0 Å². The van der Waals surface area contributed by atoms with Crippen LogP contribution in [0, 0.1) is 0 Å². The first-order chi connectivity index (χ1) is 8.76. The molecule has 0 saturated carbocycles. The third-order valence-corrected chi connectivity index (χ3v) is 3.61. The second-order valence-corrected chi connectivity index (χ2v) is 4.88. The Labute approximate surface area is 110 Å². The average molecular weight is 245 g/mol. The number of nitrogens with two attached hydrogens (primary N) is 1. The van der Waals surface area contributed by atoms with Crippen molar-refractivity contribution in [1.82, 2.24) is 5.32 Å². The van der Waals surface area contributed by atoms with Gasteiger partial charge in [-0.05, 0) is 36.6 Å². The van der Waals surface area contributed by atoms with Crippen LogP contribution in [0.1, 0.15) is 23.6 Å². The summed E-state index contributed by atoms with van der Waals surface area (Å²) in [6.07, 6.45) is 4.05. The molecule has 18 heavy (non-hydrogen) atoms. The van der Waals surface area contributed by atoms with Gasteiger partial charge in [0, 0.05) is 31.9 Å². The highest BCUT2D eigenvalue weighted by Gasteiger charge is 2.17. The van der Waals surface area contributed by atoms with E-state index in [1.807, 2.05) is 6.08 Å². The van der Waals surface area contributed by atoms with Crippen LogP contribution in [0.15, 0.2) is 30.9 Å². The number of fused-ring (bicyclic) bond motifs is 1. The van der Waals surface area contributed by atoms with Crippen molar-refractivity contribution >= 4 is 5.69 Å². The minimum Gasteiger partial charge on any atom is -0.374 e. The summed E-state index contributed by atoms with van der Waals surface area (Å²) >= 11 is 0. The second kappa shape index (κ2) is 6.03. The van der Waals surface area contributed by atoms with Crippen LogP contribution in [0.2, 0.25) is 0 Å². The number of benzene rings is 1. The van der Waals surface area contributed by atoms with Crippen LogP contribution < -0.4 is 16.0 Å². The Morgan fingerprint density at radius 1 is 1.56 bits per heavy atom. The van der Waals surface area contributed by atoms with Crippen molar-refractivity contribution in [3.05, 3.63) is 42.0 Å². The minimum absolute atomic E-state index is 0.251. The van der Waals surface area contributed by atoms with E-state index in [0.29, 0.717) is 6.54 Å². The van der Waals surface area contributed by atoms with Crippen molar-refractivity contribution < 1.29 is 0 Å². The van der Waals surface area contributed by atoms with E-state index in [0.717, 1.165) is 25.9 Å². The quantitative estimate of drug-likeness (QED) is 0.593. The van der Waals surface area contributed by atoms with Crippen LogP contribution in [0.25, 0.3) is 0 Å². The maximum absolute atomic E-state index is 5.86. The fourth-order valence-corrected chi connectivity index (χ4v) is 2.50. The molecule has 0 amide bonds. The van der Waals surface area contributed by atoms with Gasteiger partial charge >= 0.3 is 0 Å².